The molecule has 0 heterocycles. The van der Waals surface area contributed by atoms with Crippen molar-refractivity contribution in [3.8, 4) is 5.75 Å². The number of ether oxygens (including phenoxy) is 1. The summed E-state index contributed by atoms with van der Waals surface area (Å²) < 4.78 is 30.9. The van der Waals surface area contributed by atoms with Gasteiger partial charge in [0, 0.05) is 14.1 Å². The van der Waals surface area contributed by atoms with E-state index in [0.29, 0.717) is 5.75 Å². The molecule has 1 N–H and O–H groups in total. The minimum Gasteiger partial charge on any atom is -0.492 e. The Morgan fingerprint density at radius 3 is 2.48 bits per heavy atom. The molecule has 0 aliphatic heterocycles. The number of rotatable bonds is 7. The molecule has 1 amide bonds. The monoisotopic (exact) mass is 382 g/mol. The maximum absolute atomic E-state index is 12.3. The van der Waals surface area contributed by atoms with Gasteiger partial charge in [-0.05, 0) is 30.3 Å². The first kappa shape index (κ1) is 19.2. The van der Waals surface area contributed by atoms with E-state index < -0.39 is 15.9 Å². The maximum Gasteiger partial charge on any atom is 0.252 e. The van der Waals surface area contributed by atoms with Crippen LogP contribution in [0.25, 0.3) is 0 Å². The Kier molecular flexibility index (Phi) is 6.41. The van der Waals surface area contributed by atoms with Crippen molar-refractivity contribution < 1.29 is 17.9 Å². The average Bonchev–Trinajstić information content (AvgIpc) is 2.59. The molecule has 0 unspecified atom stereocenters. The van der Waals surface area contributed by atoms with Crippen molar-refractivity contribution in [3.05, 3.63) is 59.1 Å². The van der Waals surface area contributed by atoms with Gasteiger partial charge in [-0.3, -0.25) is 4.79 Å². The molecule has 0 saturated carbocycles. The quantitative estimate of drug-likeness (QED) is 0.746. The van der Waals surface area contributed by atoms with Crippen molar-refractivity contribution in [2.45, 2.75) is 4.90 Å². The van der Waals surface area contributed by atoms with Crippen molar-refractivity contribution >= 4 is 27.5 Å². The van der Waals surface area contributed by atoms with Crippen LogP contribution in [0.2, 0.25) is 5.02 Å². The normalized spacial score (nSPS) is 11.4. The Bertz CT molecular complexity index is 839. The largest absolute Gasteiger partial charge is 0.492 e. The van der Waals surface area contributed by atoms with Gasteiger partial charge >= 0.3 is 0 Å². The second kappa shape index (κ2) is 8.33. The highest BCUT2D eigenvalue weighted by molar-refractivity contribution is 7.89. The highest BCUT2D eigenvalue weighted by atomic mass is 35.5. The summed E-state index contributed by atoms with van der Waals surface area (Å²) in [4.78, 5) is 12.3. The van der Waals surface area contributed by atoms with Crippen LogP contribution in [0.4, 0.5) is 0 Å². The molecule has 0 saturated heterocycles. The molecule has 0 aliphatic carbocycles. The van der Waals surface area contributed by atoms with Crippen LogP contribution in [-0.2, 0) is 10.0 Å². The minimum atomic E-state index is -3.64. The molecule has 25 heavy (non-hydrogen) atoms. The predicted molar refractivity (Wildman–Crippen MR) is 96.6 cm³/mol. The molecule has 134 valence electrons. The first-order valence-corrected chi connectivity index (χ1v) is 9.32. The topological polar surface area (TPSA) is 75.7 Å². The molecule has 0 aromatic heterocycles. The number of nitrogens with one attached hydrogen (secondary N) is 1. The van der Waals surface area contributed by atoms with Crippen molar-refractivity contribution in [1.82, 2.24) is 9.62 Å². The third-order valence-corrected chi connectivity index (χ3v) is 5.50. The zero-order valence-corrected chi connectivity index (χ0v) is 15.5. The van der Waals surface area contributed by atoms with Crippen LogP contribution in [0, 0.1) is 0 Å². The van der Waals surface area contributed by atoms with Gasteiger partial charge in [-0.25, -0.2) is 12.7 Å². The molecule has 0 spiro atoms. The van der Waals surface area contributed by atoms with Gasteiger partial charge in [0.25, 0.3) is 5.91 Å². The van der Waals surface area contributed by atoms with Crippen LogP contribution < -0.4 is 10.1 Å². The molecule has 6 nitrogen and oxygen atoms in total. The number of hydrogen-bond acceptors (Lipinski definition) is 4. The number of para-hydroxylation sites is 1. The van der Waals surface area contributed by atoms with Crippen LogP contribution in [0.3, 0.4) is 0 Å². The van der Waals surface area contributed by atoms with E-state index in [9.17, 15) is 13.2 Å². The first-order valence-electron chi connectivity index (χ1n) is 7.50. The molecule has 0 bridgehead atoms. The summed E-state index contributed by atoms with van der Waals surface area (Å²) in [6, 6.07) is 13.2. The summed E-state index contributed by atoms with van der Waals surface area (Å²) in [5, 5.41) is 2.84. The lowest BCUT2D eigenvalue weighted by molar-refractivity contribution is 0.0947. The average molecular weight is 383 g/mol. The Morgan fingerprint density at radius 1 is 1.16 bits per heavy atom. The fourth-order valence-electron chi connectivity index (χ4n) is 2.00. The standard InChI is InChI=1S/C17H19ClN2O4S/c1-20(2)25(22,23)14-8-9-16(18)15(12-14)17(21)19-10-11-24-13-6-4-3-5-7-13/h3-9,12H,10-11H2,1-2H3,(H,19,21). The SMILES string of the molecule is CN(C)S(=O)(=O)c1ccc(Cl)c(C(=O)NCCOc2ccccc2)c1. The van der Waals surface area contributed by atoms with E-state index in [1.165, 1.54) is 32.3 Å². The molecule has 2 aromatic rings. The molecule has 0 atom stereocenters. The lowest BCUT2D eigenvalue weighted by Gasteiger charge is -2.13. The lowest BCUT2D eigenvalue weighted by Crippen LogP contribution is -2.29. The van der Waals surface area contributed by atoms with Crippen molar-refractivity contribution in [3.63, 3.8) is 0 Å². The molecule has 2 rings (SSSR count). The summed E-state index contributed by atoms with van der Waals surface area (Å²) in [5.41, 5.74) is 0.101. The molecule has 0 radical (unpaired) electrons. The van der Waals surface area contributed by atoms with Crippen LogP contribution in [-0.4, -0.2) is 45.9 Å². The van der Waals surface area contributed by atoms with Gasteiger partial charge in [-0.2, -0.15) is 0 Å². The number of nitrogens with zero attached hydrogens (tertiary/aromatic N) is 1. The van der Waals surface area contributed by atoms with Crippen LogP contribution in [0.15, 0.2) is 53.4 Å². The Morgan fingerprint density at radius 2 is 1.84 bits per heavy atom. The molecule has 0 aliphatic rings. The molecule has 0 fully saturated rings. The Balaban J connectivity index is 2.01. The molecule has 2 aromatic carbocycles. The van der Waals surface area contributed by atoms with Crippen molar-refractivity contribution in [1.29, 1.82) is 0 Å². The summed E-state index contributed by atoms with van der Waals surface area (Å²) in [5.74, 6) is 0.242. The molecular weight excluding hydrogens is 364 g/mol. The predicted octanol–water partition coefficient (Wildman–Crippen LogP) is 2.40. The van der Waals surface area contributed by atoms with Gasteiger partial charge in [-0.15, -0.1) is 0 Å². The van der Waals surface area contributed by atoms with Gasteiger partial charge in [0.15, 0.2) is 0 Å². The van der Waals surface area contributed by atoms with E-state index in [1.54, 1.807) is 0 Å². The number of benzene rings is 2. The minimum absolute atomic E-state index is 0.00702. The Hall–Kier alpha value is -2.09. The van der Waals surface area contributed by atoms with Crippen molar-refractivity contribution in [2.24, 2.45) is 0 Å². The van der Waals surface area contributed by atoms with Crippen molar-refractivity contribution in [2.75, 3.05) is 27.2 Å². The fraction of sp³-hybridized carbons (Fsp3) is 0.235. The molecule has 8 heteroatoms. The number of hydrogen-bond donors (Lipinski definition) is 1. The van der Waals surface area contributed by atoms with E-state index >= 15 is 0 Å². The zero-order chi connectivity index (χ0) is 18.4. The van der Waals surface area contributed by atoms with E-state index in [2.05, 4.69) is 5.32 Å². The van der Waals surface area contributed by atoms with Gasteiger partial charge in [0.2, 0.25) is 10.0 Å². The number of carbonyl (C=O) groups excluding carboxylic acids is 1. The summed E-state index contributed by atoms with van der Waals surface area (Å²) in [6.45, 7) is 0.539. The van der Waals surface area contributed by atoms with E-state index in [4.69, 9.17) is 16.3 Å². The third kappa shape index (κ3) is 4.94. The number of carbonyl (C=O) groups is 1. The number of amides is 1. The second-order valence-corrected chi connectivity index (χ2v) is 7.91. The maximum atomic E-state index is 12.3. The van der Waals surface area contributed by atoms with E-state index in [-0.39, 0.29) is 28.6 Å². The highest BCUT2D eigenvalue weighted by Gasteiger charge is 2.20. The van der Waals surface area contributed by atoms with Crippen LogP contribution >= 0.6 is 11.6 Å². The smallest absolute Gasteiger partial charge is 0.252 e. The van der Waals surface area contributed by atoms with E-state index in [0.717, 1.165) is 4.31 Å². The molecular formula is C17H19ClN2O4S. The number of sulfonamides is 1. The first-order chi connectivity index (χ1) is 11.8. The third-order valence-electron chi connectivity index (χ3n) is 3.36. The van der Waals surface area contributed by atoms with Gasteiger partial charge < -0.3 is 10.1 Å². The van der Waals surface area contributed by atoms with E-state index in [1.807, 2.05) is 30.3 Å². The summed E-state index contributed by atoms with van der Waals surface area (Å²) in [7, 11) is -0.798. The van der Waals surface area contributed by atoms with Crippen LogP contribution in [0.1, 0.15) is 10.4 Å². The Labute approximate surface area is 152 Å². The van der Waals surface area contributed by atoms with Gasteiger partial charge in [-0.1, -0.05) is 29.8 Å². The summed E-state index contributed by atoms with van der Waals surface area (Å²) in [6.07, 6.45) is 0. The second-order valence-electron chi connectivity index (χ2n) is 5.35. The number of halogens is 1. The highest BCUT2D eigenvalue weighted by Crippen LogP contribution is 2.22. The van der Waals surface area contributed by atoms with Gasteiger partial charge in [0.05, 0.1) is 22.0 Å². The summed E-state index contributed by atoms with van der Waals surface area (Å²) >= 11 is 6.03. The van der Waals surface area contributed by atoms with Crippen LogP contribution in [0.5, 0.6) is 5.75 Å². The van der Waals surface area contributed by atoms with Gasteiger partial charge in [0.1, 0.15) is 12.4 Å². The lowest BCUT2D eigenvalue weighted by atomic mass is 10.2. The fourth-order valence-corrected chi connectivity index (χ4v) is 3.13. The zero-order valence-electron chi connectivity index (χ0n) is 13.9.